The number of aryl methyl sites for hydroxylation is 2. The summed E-state index contributed by atoms with van der Waals surface area (Å²) < 4.78 is 30.3. The van der Waals surface area contributed by atoms with Gasteiger partial charge in [0.2, 0.25) is 11.8 Å². The Labute approximate surface area is 269 Å². The van der Waals surface area contributed by atoms with Gasteiger partial charge in [-0.1, -0.05) is 101 Å². The van der Waals surface area contributed by atoms with Crippen molar-refractivity contribution in [2.24, 2.45) is 0 Å². The fourth-order valence-electron chi connectivity index (χ4n) is 4.95. The molecule has 0 spiro atoms. The van der Waals surface area contributed by atoms with Gasteiger partial charge < -0.3 is 10.2 Å². The zero-order valence-corrected chi connectivity index (χ0v) is 27.6. The largest absolute Gasteiger partial charge is 0.354 e. The summed E-state index contributed by atoms with van der Waals surface area (Å²) in [5.41, 5.74) is 3.72. The molecule has 0 unspecified atom stereocenters. The number of rotatable bonds is 13. The average molecular weight is 677 g/mol. The Balaban J connectivity index is 1.80. The molecule has 0 saturated heterocycles. The lowest BCUT2D eigenvalue weighted by molar-refractivity contribution is -0.140. The molecule has 4 aromatic rings. The molecule has 2 amide bonds. The first-order valence-corrected chi connectivity index (χ1v) is 16.8. The summed E-state index contributed by atoms with van der Waals surface area (Å²) in [6, 6.07) is 29.8. The quantitative estimate of drug-likeness (QED) is 0.177. The molecule has 0 saturated carbocycles. The lowest BCUT2D eigenvalue weighted by Crippen LogP contribution is -2.53. The second-order valence-corrected chi connectivity index (χ2v) is 13.5. The smallest absolute Gasteiger partial charge is 0.264 e. The molecule has 0 aromatic heterocycles. The van der Waals surface area contributed by atoms with Crippen molar-refractivity contribution in [3.05, 3.63) is 130 Å². The number of sulfonamides is 1. The number of nitrogens with zero attached hydrogens (tertiary/aromatic N) is 2. The molecule has 0 bridgehead atoms. The fraction of sp³-hybridized carbons (Fsp3) is 0.257. The van der Waals surface area contributed by atoms with Crippen LogP contribution in [0.4, 0.5) is 5.69 Å². The molecule has 7 nitrogen and oxygen atoms in total. The molecular weight excluding hydrogens is 638 g/mol. The summed E-state index contributed by atoms with van der Waals surface area (Å²) in [4.78, 5) is 29.8. The van der Waals surface area contributed by atoms with E-state index in [0.717, 1.165) is 31.9 Å². The summed E-state index contributed by atoms with van der Waals surface area (Å²) in [7, 11) is -4.14. The lowest BCUT2D eigenvalue weighted by atomic mass is 10.0. The zero-order valence-electron chi connectivity index (χ0n) is 25.2. The monoisotopic (exact) mass is 675 g/mol. The molecule has 0 aliphatic carbocycles. The van der Waals surface area contributed by atoms with Gasteiger partial charge in [-0.05, 0) is 67.3 Å². The van der Waals surface area contributed by atoms with Crippen molar-refractivity contribution in [2.75, 3.05) is 17.4 Å². The number of hydrogen-bond donors (Lipinski definition) is 1. The van der Waals surface area contributed by atoms with Crippen molar-refractivity contribution in [3.8, 4) is 0 Å². The number of halogens is 1. The maximum atomic E-state index is 14.5. The summed E-state index contributed by atoms with van der Waals surface area (Å²) in [6.07, 6.45) is 1.00. The van der Waals surface area contributed by atoms with Gasteiger partial charge in [0.1, 0.15) is 12.6 Å². The van der Waals surface area contributed by atoms with Gasteiger partial charge in [0.25, 0.3) is 10.0 Å². The molecule has 4 aromatic carbocycles. The van der Waals surface area contributed by atoms with Gasteiger partial charge in [0.05, 0.1) is 10.6 Å². The summed E-state index contributed by atoms with van der Waals surface area (Å²) in [5.74, 6) is -0.778. The van der Waals surface area contributed by atoms with Crippen molar-refractivity contribution in [1.29, 1.82) is 0 Å². The van der Waals surface area contributed by atoms with Crippen LogP contribution in [-0.2, 0) is 32.6 Å². The molecule has 4 rings (SSSR count). The standard InChI is InChI=1S/C35H38BrN3O4S/c1-4-21-37-35(41)33(23-28-12-6-5-7-13-28)38(24-29-14-10-15-30(36)22-29)34(40)25-39(32-16-9-8-11-27(32)3)44(42,43)31-19-17-26(2)18-20-31/h5-20,22,33H,4,21,23-25H2,1-3H3,(H,37,41)/t33-/m0/s1. The number of anilines is 1. The molecule has 0 aliphatic rings. The second kappa shape index (κ2) is 15.2. The van der Waals surface area contributed by atoms with E-state index in [-0.39, 0.29) is 23.8 Å². The molecule has 1 atom stereocenters. The molecule has 0 radical (unpaired) electrons. The molecule has 230 valence electrons. The number of amides is 2. The van der Waals surface area contributed by atoms with E-state index in [1.165, 1.54) is 4.90 Å². The zero-order chi connectivity index (χ0) is 31.7. The first-order chi connectivity index (χ1) is 21.1. The van der Waals surface area contributed by atoms with Crippen LogP contribution in [0.1, 0.15) is 35.6 Å². The minimum Gasteiger partial charge on any atom is -0.354 e. The lowest BCUT2D eigenvalue weighted by Gasteiger charge is -2.34. The highest BCUT2D eigenvalue weighted by Crippen LogP contribution is 2.28. The van der Waals surface area contributed by atoms with Crippen molar-refractivity contribution in [1.82, 2.24) is 10.2 Å². The second-order valence-electron chi connectivity index (χ2n) is 10.8. The third-order valence-electron chi connectivity index (χ3n) is 7.33. The predicted octanol–water partition coefficient (Wildman–Crippen LogP) is 6.43. The Kier molecular flexibility index (Phi) is 11.4. The van der Waals surface area contributed by atoms with E-state index in [0.29, 0.717) is 17.8 Å². The Morgan fingerprint density at radius 1 is 0.841 bits per heavy atom. The van der Waals surface area contributed by atoms with E-state index in [2.05, 4.69) is 21.2 Å². The number of benzene rings is 4. The van der Waals surface area contributed by atoms with Crippen molar-refractivity contribution in [3.63, 3.8) is 0 Å². The Morgan fingerprint density at radius 2 is 1.50 bits per heavy atom. The molecule has 9 heteroatoms. The van der Waals surface area contributed by atoms with Crippen LogP contribution in [0, 0.1) is 13.8 Å². The van der Waals surface area contributed by atoms with Crippen LogP contribution in [0.5, 0.6) is 0 Å². The number of carbonyl (C=O) groups excluding carboxylic acids is 2. The van der Waals surface area contributed by atoms with E-state index in [1.54, 1.807) is 36.4 Å². The molecule has 0 fully saturated rings. The van der Waals surface area contributed by atoms with E-state index < -0.39 is 28.5 Å². The van der Waals surface area contributed by atoms with Gasteiger partial charge >= 0.3 is 0 Å². The van der Waals surface area contributed by atoms with E-state index >= 15 is 0 Å². The first kappa shape index (κ1) is 33.0. The minimum atomic E-state index is -4.14. The predicted molar refractivity (Wildman–Crippen MR) is 179 cm³/mol. The topological polar surface area (TPSA) is 86.8 Å². The van der Waals surface area contributed by atoms with Crippen LogP contribution in [0.25, 0.3) is 0 Å². The van der Waals surface area contributed by atoms with E-state index in [4.69, 9.17) is 0 Å². The Morgan fingerprint density at radius 3 is 2.16 bits per heavy atom. The van der Waals surface area contributed by atoms with Gasteiger partial charge in [-0.2, -0.15) is 0 Å². The normalized spacial score (nSPS) is 11.9. The van der Waals surface area contributed by atoms with E-state index in [1.807, 2.05) is 87.5 Å². The van der Waals surface area contributed by atoms with Crippen LogP contribution >= 0.6 is 15.9 Å². The van der Waals surface area contributed by atoms with Crippen LogP contribution in [-0.4, -0.2) is 44.3 Å². The average Bonchev–Trinajstić information content (AvgIpc) is 3.01. The maximum Gasteiger partial charge on any atom is 0.264 e. The SMILES string of the molecule is CCCNC(=O)[C@H](Cc1ccccc1)N(Cc1cccc(Br)c1)C(=O)CN(c1ccccc1C)S(=O)(=O)c1ccc(C)cc1. The van der Waals surface area contributed by atoms with Gasteiger partial charge in [0, 0.05) is 24.0 Å². The van der Waals surface area contributed by atoms with Gasteiger partial charge in [0.15, 0.2) is 0 Å². The maximum absolute atomic E-state index is 14.5. The fourth-order valence-corrected chi connectivity index (χ4v) is 6.87. The highest BCUT2D eigenvalue weighted by molar-refractivity contribution is 9.10. The van der Waals surface area contributed by atoms with E-state index in [9.17, 15) is 18.0 Å². The Bertz CT molecular complexity index is 1680. The number of nitrogens with one attached hydrogen (secondary N) is 1. The van der Waals surface area contributed by atoms with Gasteiger partial charge in [-0.15, -0.1) is 0 Å². The summed E-state index contributed by atoms with van der Waals surface area (Å²) >= 11 is 3.51. The molecule has 44 heavy (non-hydrogen) atoms. The molecule has 1 N–H and O–H groups in total. The van der Waals surface area contributed by atoms with Crippen LogP contribution in [0.2, 0.25) is 0 Å². The van der Waals surface area contributed by atoms with Crippen LogP contribution in [0.15, 0.2) is 112 Å². The molecule has 0 heterocycles. The third-order valence-corrected chi connectivity index (χ3v) is 9.60. The van der Waals surface area contributed by atoms with Gasteiger partial charge in [-0.3, -0.25) is 13.9 Å². The summed E-state index contributed by atoms with van der Waals surface area (Å²) in [6.45, 7) is 5.75. The van der Waals surface area contributed by atoms with Crippen molar-refractivity contribution >= 4 is 43.5 Å². The number of para-hydroxylation sites is 1. The molecule has 0 aliphatic heterocycles. The van der Waals surface area contributed by atoms with Crippen molar-refractivity contribution in [2.45, 2.75) is 51.1 Å². The number of carbonyl (C=O) groups is 2. The highest BCUT2D eigenvalue weighted by Gasteiger charge is 2.35. The first-order valence-electron chi connectivity index (χ1n) is 14.6. The number of hydrogen-bond acceptors (Lipinski definition) is 4. The third kappa shape index (κ3) is 8.36. The van der Waals surface area contributed by atoms with Crippen LogP contribution < -0.4 is 9.62 Å². The highest BCUT2D eigenvalue weighted by atomic mass is 79.9. The van der Waals surface area contributed by atoms with Crippen molar-refractivity contribution < 1.29 is 18.0 Å². The minimum absolute atomic E-state index is 0.0826. The van der Waals surface area contributed by atoms with Crippen LogP contribution in [0.3, 0.4) is 0 Å². The van der Waals surface area contributed by atoms with Gasteiger partial charge in [-0.25, -0.2) is 8.42 Å². The Hall–Kier alpha value is -3.95. The molecular formula is C35H38BrN3O4S. The summed E-state index contributed by atoms with van der Waals surface area (Å²) in [5, 5.41) is 2.97.